The van der Waals surface area contributed by atoms with Gasteiger partial charge >= 0.3 is 5.97 Å². The van der Waals surface area contributed by atoms with Crippen molar-refractivity contribution in [3.05, 3.63) is 30.1 Å². The van der Waals surface area contributed by atoms with Crippen molar-refractivity contribution in [1.82, 2.24) is 9.55 Å². The lowest BCUT2D eigenvalue weighted by atomic mass is 10.0. The van der Waals surface area contributed by atoms with Gasteiger partial charge in [0.05, 0.1) is 5.92 Å². The van der Waals surface area contributed by atoms with Crippen LogP contribution in [-0.2, 0) is 11.8 Å². The third-order valence-electron chi connectivity index (χ3n) is 4.19. The lowest BCUT2D eigenvalue weighted by molar-refractivity contribution is -0.139. The maximum atomic E-state index is 11.3. The average molecular weight is 244 g/mol. The Kier molecular flexibility index (Phi) is 2.09. The van der Waals surface area contributed by atoms with Crippen molar-refractivity contribution in [2.75, 3.05) is 0 Å². The fourth-order valence-corrected chi connectivity index (χ4v) is 3.17. The van der Waals surface area contributed by atoms with Gasteiger partial charge in [0.15, 0.2) is 0 Å². The van der Waals surface area contributed by atoms with Gasteiger partial charge < -0.3 is 9.67 Å². The van der Waals surface area contributed by atoms with Crippen molar-refractivity contribution in [2.24, 2.45) is 18.4 Å². The third kappa shape index (κ3) is 1.32. The van der Waals surface area contributed by atoms with E-state index in [1.54, 1.807) is 6.20 Å². The van der Waals surface area contributed by atoms with E-state index in [1.807, 2.05) is 43.8 Å². The summed E-state index contributed by atoms with van der Waals surface area (Å²) in [5, 5.41) is 10.3. The fraction of sp³-hybridized carbons (Fsp3) is 0.429. The van der Waals surface area contributed by atoms with Crippen LogP contribution >= 0.6 is 0 Å². The lowest BCUT2D eigenvalue weighted by Crippen LogP contribution is -2.03. The highest BCUT2D eigenvalue weighted by molar-refractivity contribution is 5.85. The monoisotopic (exact) mass is 244 g/mol. The number of carboxylic acids is 1. The van der Waals surface area contributed by atoms with Gasteiger partial charge in [0.25, 0.3) is 0 Å². The van der Waals surface area contributed by atoms with E-state index in [1.165, 1.54) is 0 Å². The number of pyridine rings is 1. The van der Waals surface area contributed by atoms with Gasteiger partial charge in [-0.3, -0.25) is 4.79 Å². The molecule has 4 nitrogen and oxygen atoms in total. The van der Waals surface area contributed by atoms with Crippen LogP contribution in [0.4, 0.5) is 0 Å². The highest BCUT2D eigenvalue weighted by atomic mass is 16.4. The minimum atomic E-state index is -0.703. The second kappa shape index (κ2) is 3.34. The smallest absolute Gasteiger partial charge is 0.307 e. The molecule has 0 spiro atoms. The van der Waals surface area contributed by atoms with Crippen LogP contribution in [0.5, 0.6) is 0 Å². The first-order chi connectivity index (χ1) is 8.44. The summed E-state index contributed by atoms with van der Waals surface area (Å²) in [6.45, 7) is 4.04. The molecule has 2 aromatic rings. The highest BCUT2D eigenvalue weighted by Crippen LogP contribution is 2.65. The Morgan fingerprint density at radius 1 is 1.50 bits per heavy atom. The van der Waals surface area contributed by atoms with E-state index in [0.29, 0.717) is 0 Å². The number of aryl methyl sites for hydroxylation is 1. The van der Waals surface area contributed by atoms with E-state index in [-0.39, 0.29) is 17.3 Å². The van der Waals surface area contributed by atoms with Crippen molar-refractivity contribution in [3.63, 3.8) is 0 Å². The molecule has 2 aromatic heterocycles. The molecule has 94 valence electrons. The molecule has 1 N–H and O–H groups in total. The van der Waals surface area contributed by atoms with E-state index >= 15 is 0 Å². The van der Waals surface area contributed by atoms with E-state index < -0.39 is 5.97 Å². The van der Waals surface area contributed by atoms with Crippen LogP contribution in [0.1, 0.15) is 25.3 Å². The molecular formula is C14H16N2O2. The van der Waals surface area contributed by atoms with Crippen molar-refractivity contribution in [2.45, 2.75) is 19.8 Å². The first kappa shape index (κ1) is 11.3. The quantitative estimate of drug-likeness (QED) is 0.882. The van der Waals surface area contributed by atoms with Crippen LogP contribution in [0.25, 0.3) is 11.0 Å². The Bertz CT molecular complexity index is 642. The van der Waals surface area contributed by atoms with Gasteiger partial charge in [-0.05, 0) is 23.1 Å². The SMILES string of the molecule is Cn1cc(C2C(C(=O)O)C2(C)C)c2cccnc21. The number of carbonyl (C=O) groups is 1. The number of aromatic nitrogens is 2. The molecule has 0 aliphatic heterocycles. The van der Waals surface area contributed by atoms with Crippen LogP contribution < -0.4 is 0 Å². The standard InChI is InChI=1S/C14H16N2O2/c1-14(2)10(11(14)13(17)18)9-7-16(3)12-8(9)5-4-6-15-12/h4-7,10-11H,1-3H3,(H,17,18). The number of hydrogen-bond donors (Lipinski definition) is 1. The predicted octanol–water partition coefficient (Wildman–Crippen LogP) is 2.40. The summed E-state index contributed by atoms with van der Waals surface area (Å²) in [6.07, 6.45) is 3.78. The van der Waals surface area contributed by atoms with Crippen molar-refractivity contribution in [3.8, 4) is 0 Å². The topological polar surface area (TPSA) is 55.1 Å². The second-order valence-corrected chi connectivity index (χ2v) is 5.68. The van der Waals surface area contributed by atoms with Crippen molar-refractivity contribution < 1.29 is 9.90 Å². The zero-order valence-electron chi connectivity index (χ0n) is 10.7. The molecule has 1 saturated carbocycles. The summed E-state index contributed by atoms with van der Waals surface area (Å²) in [5.74, 6) is -0.905. The largest absolute Gasteiger partial charge is 0.481 e. The predicted molar refractivity (Wildman–Crippen MR) is 68.4 cm³/mol. The molecule has 1 fully saturated rings. The van der Waals surface area contributed by atoms with E-state index in [9.17, 15) is 9.90 Å². The Morgan fingerprint density at radius 2 is 2.22 bits per heavy atom. The Morgan fingerprint density at radius 3 is 2.83 bits per heavy atom. The summed E-state index contributed by atoms with van der Waals surface area (Å²) in [5.41, 5.74) is 1.85. The first-order valence-corrected chi connectivity index (χ1v) is 6.07. The minimum Gasteiger partial charge on any atom is -0.481 e. The number of nitrogens with zero attached hydrogens (tertiary/aromatic N) is 2. The van der Waals surface area contributed by atoms with E-state index in [0.717, 1.165) is 16.6 Å². The molecule has 1 aliphatic rings. The second-order valence-electron chi connectivity index (χ2n) is 5.68. The molecule has 0 saturated heterocycles. The molecule has 0 amide bonds. The molecule has 0 bridgehead atoms. The van der Waals surface area contributed by atoms with Crippen molar-refractivity contribution in [1.29, 1.82) is 0 Å². The molecule has 0 aromatic carbocycles. The van der Waals surface area contributed by atoms with Crippen LogP contribution in [-0.4, -0.2) is 20.6 Å². The normalized spacial score (nSPS) is 25.3. The van der Waals surface area contributed by atoms with Crippen LogP contribution in [0.3, 0.4) is 0 Å². The number of carboxylic acid groups (broad SMARTS) is 1. The summed E-state index contributed by atoms with van der Waals surface area (Å²) in [6, 6.07) is 3.92. The summed E-state index contributed by atoms with van der Waals surface area (Å²) in [4.78, 5) is 15.6. The zero-order chi connectivity index (χ0) is 13.1. The maximum Gasteiger partial charge on any atom is 0.307 e. The molecule has 4 heteroatoms. The first-order valence-electron chi connectivity index (χ1n) is 6.07. The van der Waals surface area contributed by atoms with Crippen molar-refractivity contribution >= 4 is 17.0 Å². The molecule has 1 aliphatic carbocycles. The molecule has 2 atom stereocenters. The zero-order valence-corrected chi connectivity index (χ0v) is 10.7. The van der Waals surface area contributed by atoms with Crippen LogP contribution in [0.2, 0.25) is 0 Å². The van der Waals surface area contributed by atoms with Gasteiger partial charge in [-0.2, -0.15) is 0 Å². The molecular weight excluding hydrogens is 228 g/mol. The van der Waals surface area contributed by atoms with Crippen LogP contribution in [0.15, 0.2) is 24.5 Å². The van der Waals surface area contributed by atoms with E-state index in [2.05, 4.69) is 4.98 Å². The Hall–Kier alpha value is -1.84. The number of fused-ring (bicyclic) bond motifs is 1. The molecule has 3 rings (SSSR count). The molecule has 0 radical (unpaired) electrons. The van der Waals surface area contributed by atoms with E-state index in [4.69, 9.17) is 0 Å². The lowest BCUT2D eigenvalue weighted by Gasteiger charge is -2.00. The van der Waals surface area contributed by atoms with Gasteiger partial charge in [-0.25, -0.2) is 4.98 Å². The van der Waals surface area contributed by atoms with Gasteiger partial charge in [0, 0.05) is 30.7 Å². The van der Waals surface area contributed by atoms with Gasteiger partial charge in [0.1, 0.15) is 5.65 Å². The number of rotatable bonds is 2. The number of aliphatic carboxylic acids is 1. The molecule has 2 unspecified atom stereocenters. The van der Waals surface area contributed by atoms with Gasteiger partial charge in [-0.1, -0.05) is 13.8 Å². The van der Waals surface area contributed by atoms with Gasteiger partial charge in [0.2, 0.25) is 0 Å². The fourth-order valence-electron chi connectivity index (χ4n) is 3.17. The minimum absolute atomic E-state index is 0.0860. The summed E-state index contributed by atoms with van der Waals surface area (Å²) >= 11 is 0. The summed E-state index contributed by atoms with van der Waals surface area (Å²) < 4.78 is 1.97. The molecule has 2 heterocycles. The maximum absolute atomic E-state index is 11.3. The van der Waals surface area contributed by atoms with Gasteiger partial charge in [-0.15, -0.1) is 0 Å². The van der Waals surface area contributed by atoms with Crippen LogP contribution in [0, 0.1) is 11.3 Å². The Balaban J connectivity index is 2.15. The third-order valence-corrected chi connectivity index (χ3v) is 4.19. The molecule has 18 heavy (non-hydrogen) atoms. The number of hydrogen-bond acceptors (Lipinski definition) is 2. The Labute approximate surface area is 105 Å². The average Bonchev–Trinajstić information content (AvgIpc) is 2.73. The highest BCUT2D eigenvalue weighted by Gasteiger charge is 2.63. The summed E-state index contributed by atoms with van der Waals surface area (Å²) in [7, 11) is 1.95.